The molecule has 7 heteroatoms. The standard InChI is InChI=1S/C19H19N3O4/c1-4-19(2,3)13-8-10-14(11-9-13)26-17-16(22(24)25)18(23)21-12-6-5-7-15(21)20-17/h5-12H,4H2,1-3H3. The molecule has 134 valence electrons. The van der Waals surface area contributed by atoms with Gasteiger partial charge in [0.05, 0.1) is 4.92 Å². The number of hydrogen-bond acceptors (Lipinski definition) is 5. The fraction of sp³-hybridized carbons (Fsp3) is 0.263. The molecule has 7 nitrogen and oxygen atoms in total. The Bertz CT molecular complexity index is 1020. The van der Waals surface area contributed by atoms with Gasteiger partial charge in [0.2, 0.25) is 0 Å². The maximum Gasteiger partial charge on any atom is 0.396 e. The van der Waals surface area contributed by atoms with E-state index in [1.54, 1.807) is 30.3 Å². The van der Waals surface area contributed by atoms with Crippen molar-refractivity contribution >= 4 is 11.3 Å². The van der Waals surface area contributed by atoms with Crippen LogP contribution in [0, 0.1) is 10.1 Å². The zero-order valence-electron chi connectivity index (χ0n) is 14.8. The molecule has 0 atom stereocenters. The number of ether oxygens (including phenoxy) is 1. The average molecular weight is 353 g/mol. The van der Waals surface area contributed by atoms with Crippen LogP contribution in [0.2, 0.25) is 0 Å². The summed E-state index contributed by atoms with van der Waals surface area (Å²) in [7, 11) is 0. The highest BCUT2D eigenvalue weighted by Gasteiger charge is 2.26. The van der Waals surface area contributed by atoms with E-state index in [9.17, 15) is 14.9 Å². The van der Waals surface area contributed by atoms with E-state index in [4.69, 9.17) is 4.74 Å². The molecule has 0 N–H and O–H groups in total. The number of nitrogens with zero attached hydrogens (tertiary/aromatic N) is 3. The topological polar surface area (TPSA) is 86.7 Å². The Kier molecular flexibility index (Phi) is 4.46. The Balaban J connectivity index is 2.05. The fourth-order valence-corrected chi connectivity index (χ4v) is 2.58. The number of nitro groups is 1. The average Bonchev–Trinajstić information content (AvgIpc) is 2.62. The van der Waals surface area contributed by atoms with Crippen LogP contribution in [0.1, 0.15) is 32.8 Å². The van der Waals surface area contributed by atoms with Crippen LogP contribution in [-0.4, -0.2) is 14.3 Å². The minimum Gasteiger partial charge on any atom is -0.433 e. The second-order valence-corrected chi connectivity index (χ2v) is 6.62. The molecule has 3 rings (SSSR count). The van der Waals surface area contributed by atoms with Gasteiger partial charge in [0.25, 0.3) is 0 Å². The Morgan fingerprint density at radius 1 is 1.19 bits per heavy atom. The monoisotopic (exact) mass is 353 g/mol. The molecule has 0 radical (unpaired) electrons. The van der Waals surface area contributed by atoms with Gasteiger partial charge in [-0.15, -0.1) is 0 Å². The predicted molar refractivity (Wildman–Crippen MR) is 97.9 cm³/mol. The minimum absolute atomic E-state index is 0.0184. The van der Waals surface area contributed by atoms with E-state index in [0.717, 1.165) is 16.4 Å². The van der Waals surface area contributed by atoms with E-state index in [1.807, 2.05) is 12.1 Å². The van der Waals surface area contributed by atoms with Crippen molar-refractivity contribution in [3.05, 3.63) is 74.7 Å². The fourth-order valence-electron chi connectivity index (χ4n) is 2.58. The second-order valence-electron chi connectivity index (χ2n) is 6.62. The SMILES string of the molecule is CCC(C)(C)c1ccc(Oc2nc3ccccn3c(=O)c2[N+](=O)[O-])cc1. The van der Waals surface area contributed by atoms with Crippen LogP contribution in [0.4, 0.5) is 5.69 Å². The van der Waals surface area contributed by atoms with Crippen molar-refractivity contribution in [2.75, 3.05) is 0 Å². The second kappa shape index (κ2) is 6.59. The Labute approximate surface area is 150 Å². The molecule has 0 bridgehead atoms. The first kappa shape index (κ1) is 17.6. The molecule has 1 aromatic carbocycles. The molecule has 0 saturated heterocycles. The van der Waals surface area contributed by atoms with Gasteiger partial charge in [0, 0.05) is 6.20 Å². The van der Waals surface area contributed by atoms with Crippen molar-refractivity contribution in [2.24, 2.45) is 0 Å². The quantitative estimate of drug-likeness (QED) is 0.509. The molecule has 0 aliphatic rings. The van der Waals surface area contributed by atoms with Crippen LogP contribution in [0.3, 0.4) is 0 Å². The molecule has 0 unspecified atom stereocenters. The summed E-state index contributed by atoms with van der Waals surface area (Å²) in [5, 5.41) is 11.4. The van der Waals surface area contributed by atoms with Crippen molar-refractivity contribution in [3.8, 4) is 11.6 Å². The van der Waals surface area contributed by atoms with Gasteiger partial charge in [-0.1, -0.05) is 39.0 Å². The maximum atomic E-state index is 12.4. The first-order valence-corrected chi connectivity index (χ1v) is 8.27. The molecular formula is C19H19N3O4. The third-order valence-electron chi connectivity index (χ3n) is 4.60. The highest BCUT2D eigenvalue weighted by molar-refractivity contribution is 5.50. The highest BCUT2D eigenvalue weighted by atomic mass is 16.6. The van der Waals surface area contributed by atoms with Crippen molar-refractivity contribution in [1.29, 1.82) is 0 Å². The van der Waals surface area contributed by atoms with E-state index < -0.39 is 16.2 Å². The van der Waals surface area contributed by atoms with E-state index in [1.165, 1.54) is 6.20 Å². The Hall–Kier alpha value is -3.22. The van der Waals surface area contributed by atoms with Crippen molar-refractivity contribution in [3.63, 3.8) is 0 Å². The van der Waals surface area contributed by atoms with Gasteiger partial charge in [-0.2, -0.15) is 4.98 Å². The summed E-state index contributed by atoms with van der Waals surface area (Å²) in [5.74, 6) is 0.0737. The first-order chi connectivity index (χ1) is 12.3. The zero-order valence-corrected chi connectivity index (χ0v) is 14.8. The molecule has 2 heterocycles. The van der Waals surface area contributed by atoms with Crippen LogP contribution >= 0.6 is 0 Å². The zero-order chi connectivity index (χ0) is 18.9. The summed E-state index contributed by atoms with van der Waals surface area (Å²) in [6, 6.07) is 12.2. The highest BCUT2D eigenvalue weighted by Crippen LogP contribution is 2.31. The van der Waals surface area contributed by atoms with E-state index in [0.29, 0.717) is 5.75 Å². The molecule has 0 saturated carbocycles. The minimum atomic E-state index is -0.778. The lowest BCUT2D eigenvalue weighted by atomic mass is 9.82. The summed E-state index contributed by atoms with van der Waals surface area (Å²) in [6.07, 6.45) is 2.41. The molecule has 0 fully saturated rings. The summed E-state index contributed by atoms with van der Waals surface area (Å²) in [5.41, 5.74) is -0.0360. The van der Waals surface area contributed by atoms with Gasteiger partial charge in [-0.25, -0.2) is 0 Å². The maximum absolute atomic E-state index is 12.4. The number of benzene rings is 1. The Morgan fingerprint density at radius 3 is 2.50 bits per heavy atom. The summed E-state index contributed by atoms with van der Waals surface area (Å²) in [4.78, 5) is 27.2. The summed E-state index contributed by atoms with van der Waals surface area (Å²) in [6.45, 7) is 6.39. The van der Waals surface area contributed by atoms with Gasteiger partial charge < -0.3 is 4.74 Å². The first-order valence-electron chi connectivity index (χ1n) is 8.27. The molecule has 0 aliphatic carbocycles. The van der Waals surface area contributed by atoms with Crippen LogP contribution in [0.5, 0.6) is 11.6 Å². The molecule has 26 heavy (non-hydrogen) atoms. The van der Waals surface area contributed by atoms with Gasteiger partial charge in [0.15, 0.2) is 0 Å². The van der Waals surface area contributed by atoms with Crippen molar-refractivity contribution in [1.82, 2.24) is 9.38 Å². The molecule has 0 spiro atoms. The van der Waals surface area contributed by atoms with E-state index in [-0.39, 0.29) is 16.9 Å². The lowest BCUT2D eigenvalue weighted by Crippen LogP contribution is -2.19. The van der Waals surface area contributed by atoms with Crippen molar-refractivity contribution in [2.45, 2.75) is 32.6 Å². The number of hydrogen-bond donors (Lipinski definition) is 0. The molecule has 0 aliphatic heterocycles. The largest absolute Gasteiger partial charge is 0.433 e. The van der Waals surface area contributed by atoms with E-state index >= 15 is 0 Å². The lowest BCUT2D eigenvalue weighted by Gasteiger charge is -2.23. The molecule has 3 aromatic rings. The predicted octanol–water partition coefficient (Wildman–Crippen LogP) is 4.08. The summed E-state index contributed by atoms with van der Waals surface area (Å²) < 4.78 is 6.72. The number of rotatable bonds is 5. The van der Waals surface area contributed by atoms with E-state index in [2.05, 4.69) is 25.8 Å². The lowest BCUT2D eigenvalue weighted by molar-refractivity contribution is -0.387. The molecule has 2 aromatic heterocycles. The van der Waals surface area contributed by atoms with Gasteiger partial charge in [-0.05, 0) is 41.7 Å². The third kappa shape index (κ3) is 3.15. The van der Waals surface area contributed by atoms with Crippen LogP contribution in [0.25, 0.3) is 5.65 Å². The number of aromatic nitrogens is 2. The smallest absolute Gasteiger partial charge is 0.396 e. The van der Waals surface area contributed by atoms with Crippen LogP contribution < -0.4 is 10.3 Å². The number of fused-ring (bicyclic) bond motifs is 1. The number of pyridine rings is 1. The normalized spacial score (nSPS) is 11.5. The molecular weight excluding hydrogens is 334 g/mol. The third-order valence-corrected chi connectivity index (χ3v) is 4.60. The van der Waals surface area contributed by atoms with Gasteiger partial charge in [-0.3, -0.25) is 19.3 Å². The van der Waals surface area contributed by atoms with Crippen LogP contribution in [0.15, 0.2) is 53.5 Å². The van der Waals surface area contributed by atoms with Crippen molar-refractivity contribution < 1.29 is 9.66 Å². The van der Waals surface area contributed by atoms with Gasteiger partial charge in [0.1, 0.15) is 11.4 Å². The van der Waals surface area contributed by atoms with Crippen LogP contribution in [-0.2, 0) is 5.41 Å². The summed E-state index contributed by atoms with van der Waals surface area (Å²) >= 11 is 0. The Morgan fingerprint density at radius 2 is 1.88 bits per heavy atom. The van der Waals surface area contributed by atoms with Gasteiger partial charge >= 0.3 is 17.1 Å². The molecule has 0 amide bonds.